The van der Waals surface area contributed by atoms with E-state index in [9.17, 15) is 0 Å². The summed E-state index contributed by atoms with van der Waals surface area (Å²) in [4.78, 5) is 0. The average Bonchev–Trinajstić information content (AvgIpc) is 2.39. The van der Waals surface area contributed by atoms with Gasteiger partial charge in [0.15, 0.2) is 0 Å². The van der Waals surface area contributed by atoms with Crippen LogP contribution in [0.25, 0.3) is 0 Å². The van der Waals surface area contributed by atoms with E-state index in [0.29, 0.717) is 0 Å². The zero-order valence-corrected chi connectivity index (χ0v) is 12.8. The average molecular weight is 250 g/mol. The van der Waals surface area contributed by atoms with E-state index in [2.05, 4.69) is 38.2 Å². The molecule has 0 bridgehead atoms. The maximum absolute atomic E-state index is 2.37. The highest BCUT2D eigenvalue weighted by Crippen LogP contribution is 2.11. The van der Waals surface area contributed by atoms with Crippen LogP contribution in [0.4, 0.5) is 0 Å². The summed E-state index contributed by atoms with van der Waals surface area (Å²) in [6.07, 6.45) is 25.7. The van der Waals surface area contributed by atoms with Gasteiger partial charge in [-0.05, 0) is 39.0 Å². The molecule has 0 aliphatic rings. The number of allylic oxidation sites excluding steroid dienone is 4. The van der Waals surface area contributed by atoms with Gasteiger partial charge in [0.25, 0.3) is 0 Å². The highest BCUT2D eigenvalue weighted by Gasteiger charge is 1.91. The minimum Gasteiger partial charge on any atom is -0.0917 e. The SMILES string of the molecule is CC=CCCCCCCCCCCC=CCCC. The molecule has 18 heavy (non-hydrogen) atoms. The second kappa shape index (κ2) is 16.5. The molecule has 0 nitrogen and oxygen atoms in total. The second-order valence-electron chi connectivity index (χ2n) is 5.23. The van der Waals surface area contributed by atoms with Gasteiger partial charge in [-0.1, -0.05) is 76.2 Å². The smallest absolute Gasteiger partial charge is 0.0351 e. The Morgan fingerprint density at radius 1 is 0.556 bits per heavy atom. The molecule has 0 amide bonds. The van der Waals surface area contributed by atoms with Crippen molar-refractivity contribution in [3.8, 4) is 0 Å². The van der Waals surface area contributed by atoms with Crippen molar-refractivity contribution in [3.05, 3.63) is 24.3 Å². The normalized spacial score (nSPS) is 11.9. The van der Waals surface area contributed by atoms with Crippen molar-refractivity contribution in [2.24, 2.45) is 0 Å². The number of rotatable bonds is 13. The van der Waals surface area contributed by atoms with E-state index in [0.717, 1.165) is 0 Å². The third-order valence-corrected chi connectivity index (χ3v) is 3.35. The Morgan fingerprint density at radius 3 is 1.50 bits per heavy atom. The quantitative estimate of drug-likeness (QED) is 0.248. The summed E-state index contributed by atoms with van der Waals surface area (Å²) in [5, 5.41) is 0. The first-order valence-electron chi connectivity index (χ1n) is 8.18. The van der Waals surface area contributed by atoms with E-state index in [4.69, 9.17) is 0 Å². The number of hydrogen-bond acceptors (Lipinski definition) is 0. The Morgan fingerprint density at radius 2 is 1.00 bits per heavy atom. The van der Waals surface area contributed by atoms with E-state index in [1.54, 1.807) is 0 Å². The summed E-state index contributed by atoms with van der Waals surface area (Å²) < 4.78 is 0. The van der Waals surface area contributed by atoms with Crippen molar-refractivity contribution < 1.29 is 0 Å². The lowest BCUT2D eigenvalue weighted by atomic mass is 10.1. The van der Waals surface area contributed by atoms with Crippen LogP contribution >= 0.6 is 0 Å². The van der Waals surface area contributed by atoms with Crippen LogP contribution in [-0.4, -0.2) is 0 Å². The van der Waals surface area contributed by atoms with Crippen LogP contribution in [0.3, 0.4) is 0 Å². The highest BCUT2D eigenvalue weighted by atomic mass is 14.0. The van der Waals surface area contributed by atoms with E-state index in [1.807, 2.05) is 0 Å². The fourth-order valence-corrected chi connectivity index (χ4v) is 2.15. The van der Waals surface area contributed by atoms with Gasteiger partial charge in [-0.15, -0.1) is 0 Å². The van der Waals surface area contributed by atoms with Crippen LogP contribution in [0.5, 0.6) is 0 Å². The molecule has 0 unspecified atom stereocenters. The van der Waals surface area contributed by atoms with Crippen LogP contribution in [0, 0.1) is 0 Å². The fourth-order valence-electron chi connectivity index (χ4n) is 2.15. The van der Waals surface area contributed by atoms with Crippen molar-refractivity contribution in [2.75, 3.05) is 0 Å². The molecule has 0 saturated carbocycles. The Balaban J connectivity index is 2.98. The van der Waals surface area contributed by atoms with E-state index < -0.39 is 0 Å². The minimum absolute atomic E-state index is 1.26. The first kappa shape index (κ1) is 17.5. The number of unbranched alkanes of at least 4 members (excludes halogenated alkanes) is 10. The van der Waals surface area contributed by atoms with Gasteiger partial charge in [0.2, 0.25) is 0 Å². The molecule has 0 aromatic heterocycles. The minimum atomic E-state index is 1.26. The van der Waals surface area contributed by atoms with Crippen LogP contribution in [0.1, 0.15) is 90.9 Å². The Kier molecular flexibility index (Phi) is 16.0. The zero-order valence-electron chi connectivity index (χ0n) is 12.8. The largest absolute Gasteiger partial charge is 0.0917 e. The van der Waals surface area contributed by atoms with Gasteiger partial charge in [0, 0.05) is 0 Å². The maximum atomic E-state index is 2.37. The van der Waals surface area contributed by atoms with Gasteiger partial charge in [-0.25, -0.2) is 0 Å². The van der Waals surface area contributed by atoms with Gasteiger partial charge in [0.05, 0.1) is 0 Å². The Labute approximate surface area is 116 Å². The molecule has 0 rings (SSSR count). The molecule has 0 aromatic rings. The first-order chi connectivity index (χ1) is 8.91. The van der Waals surface area contributed by atoms with Gasteiger partial charge in [0.1, 0.15) is 0 Å². The molecule has 0 saturated heterocycles. The molecule has 0 aromatic carbocycles. The first-order valence-corrected chi connectivity index (χ1v) is 8.18. The molecule has 0 aliphatic carbocycles. The third kappa shape index (κ3) is 15.5. The van der Waals surface area contributed by atoms with Crippen molar-refractivity contribution in [1.82, 2.24) is 0 Å². The molecule has 0 spiro atoms. The van der Waals surface area contributed by atoms with E-state index in [1.165, 1.54) is 77.0 Å². The Bertz CT molecular complexity index is 188. The molecular formula is C18H34. The summed E-state index contributed by atoms with van der Waals surface area (Å²) in [5.41, 5.74) is 0. The summed E-state index contributed by atoms with van der Waals surface area (Å²) >= 11 is 0. The lowest BCUT2D eigenvalue weighted by Gasteiger charge is -2.00. The van der Waals surface area contributed by atoms with Crippen molar-refractivity contribution >= 4 is 0 Å². The molecular weight excluding hydrogens is 216 g/mol. The van der Waals surface area contributed by atoms with E-state index in [-0.39, 0.29) is 0 Å². The predicted molar refractivity (Wildman–Crippen MR) is 85.0 cm³/mol. The van der Waals surface area contributed by atoms with Crippen molar-refractivity contribution in [3.63, 3.8) is 0 Å². The second-order valence-corrected chi connectivity index (χ2v) is 5.23. The fraction of sp³-hybridized carbons (Fsp3) is 0.778. The Hall–Kier alpha value is -0.520. The van der Waals surface area contributed by atoms with Gasteiger partial charge < -0.3 is 0 Å². The summed E-state index contributed by atoms with van der Waals surface area (Å²) in [5.74, 6) is 0. The summed E-state index contributed by atoms with van der Waals surface area (Å²) in [6.45, 7) is 4.35. The number of hydrogen-bond donors (Lipinski definition) is 0. The molecule has 0 atom stereocenters. The van der Waals surface area contributed by atoms with Crippen LogP contribution < -0.4 is 0 Å². The molecule has 0 aliphatic heterocycles. The molecule has 0 fully saturated rings. The van der Waals surface area contributed by atoms with Crippen LogP contribution in [0.15, 0.2) is 24.3 Å². The van der Waals surface area contributed by atoms with Gasteiger partial charge >= 0.3 is 0 Å². The van der Waals surface area contributed by atoms with Gasteiger partial charge in [-0.2, -0.15) is 0 Å². The van der Waals surface area contributed by atoms with Crippen LogP contribution in [0.2, 0.25) is 0 Å². The van der Waals surface area contributed by atoms with Crippen molar-refractivity contribution in [2.45, 2.75) is 90.9 Å². The monoisotopic (exact) mass is 250 g/mol. The van der Waals surface area contributed by atoms with Crippen LogP contribution in [-0.2, 0) is 0 Å². The zero-order chi connectivity index (χ0) is 13.3. The molecule has 0 radical (unpaired) electrons. The topological polar surface area (TPSA) is 0 Å². The molecule has 0 N–H and O–H groups in total. The maximum Gasteiger partial charge on any atom is -0.0351 e. The van der Waals surface area contributed by atoms with Crippen molar-refractivity contribution in [1.29, 1.82) is 0 Å². The standard InChI is InChI=1S/C18H34/c1-3-5-7-9-11-13-15-17-18-16-14-12-10-8-6-4-2/h3,5,8,10H,4,6-7,9,11-18H2,1-2H3. The van der Waals surface area contributed by atoms with E-state index >= 15 is 0 Å². The molecule has 0 heteroatoms. The molecule has 106 valence electrons. The lowest BCUT2D eigenvalue weighted by Crippen LogP contribution is -1.81. The lowest BCUT2D eigenvalue weighted by molar-refractivity contribution is 0.571. The summed E-state index contributed by atoms with van der Waals surface area (Å²) in [7, 11) is 0. The highest BCUT2D eigenvalue weighted by molar-refractivity contribution is 4.80. The summed E-state index contributed by atoms with van der Waals surface area (Å²) in [6, 6.07) is 0. The third-order valence-electron chi connectivity index (χ3n) is 3.35. The molecule has 0 heterocycles. The predicted octanol–water partition coefficient (Wildman–Crippen LogP) is 6.82. The van der Waals surface area contributed by atoms with Gasteiger partial charge in [-0.3, -0.25) is 0 Å².